The van der Waals surface area contributed by atoms with E-state index >= 15 is 0 Å². The molecule has 0 rings (SSSR count). The first-order chi connectivity index (χ1) is 5.02. The third kappa shape index (κ3) is 4.04. The number of nitrogens with two attached hydrogens (primary N) is 1. The monoisotopic (exact) mass is 156 g/mol. The van der Waals surface area contributed by atoms with Crippen molar-refractivity contribution >= 4 is 0 Å². The van der Waals surface area contributed by atoms with Gasteiger partial charge in [0.15, 0.2) is 0 Å². The van der Waals surface area contributed by atoms with Crippen LogP contribution in [0, 0.1) is 5.41 Å². The minimum absolute atomic E-state index is 0.238. The normalized spacial score (nSPS) is 13.4. The van der Waals surface area contributed by atoms with E-state index in [-0.39, 0.29) is 5.41 Å². The summed E-state index contributed by atoms with van der Waals surface area (Å²) in [4.78, 5) is 0. The number of hydrogen-bond donors (Lipinski definition) is 2. The number of nitrogens with one attached hydrogen (secondary N) is 1. The van der Waals surface area contributed by atoms with E-state index in [1.807, 2.05) is 6.20 Å². The second-order valence-electron chi connectivity index (χ2n) is 3.84. The summed E-state index contributed by atoms with van der Waals surface area (Å²) in [6, 6.07) is 0. The molecule has 0 aromatic rings. The van der Waals surface area contributed by atoms with Gasteiger partial charge in [-0.3, -0.25) is 5.84 Å². The summed E-state index contributed by atoms with van der Waals surface area (Å²) in [5.74, 6) is 5.23. The lowest BCUT2D eigenvalue weighted by Gasteiger charge is -2.22. The molecular formula is C9H20N2. The third-order valence-electron chi connectivity index (χ3n) is 1.74. The number of hydrogen-bond acceptors (Lipinski definition) is 2. The highest BCUT2D eigenvalue weighted by Gasteiger charge is 2.15. The summed E-state index contributed by atoms with van der Waals surface area (Å²) >= 11 is 0. The molecule has 0 atom stereocenters. The summed E-state index contributed by atoms with van der Waals surface area (Å²) in [6.45, 7) is 8.78. The second-order valence-corrected chi connectivity index (χ2v) is 3.84. The summed E-state index contributed by atoms with van der Waals surface area (Å²) in [5, 5.41) is 0. The maximum absolute atomic E-state index is 5.23. The molecule has 0 heterocycles. The Morgan fingerprint density at radius 1 is 1.45 bits per heavy atom. The first-order valence-corrected chi connectivity index (χ1v) is 4.18. The molecule has 0 aromatic heterocycles. The van der Waals surface area contributed by atoms with Crippen molar-refractivity contribution in [3.63, 3.8) is 0 Å². The van der Waals surface area contributed by atoms with Crippen LogP contribution >= 0.6 is 0 Å². The summed E-state index contributed by atoms with van der Waals surface area (Å²) in [5.41, 5.74) is 4.21. The van der Waals surface area contributed by atoms with Gasteiger partial charge in [-0.15, -0.1) is 0 Å². The van der Waals surface area contributed by atoms with Gasteiger partial charge in [-0.2, -0.15) is 0 Å². The number of hydrazine groups is 1. The topological polar surface area (TPSA) is 38.0 Å². The van der Waals surface area contributed by atoms with E-state index in [9.17, 15) is 0 Å². The van der Waals surface area contributed by atoms with Gasteiger partial charge >= 0.3 is 0 Å². The van der Waals surface area contributed by atoms with Gasteiger partial charge in [0, 0.05) is 6.20 Å². The Hall–Kier alpha value is -0.500. The van der Waals surface area contributed by atoms with E-state index in [4.69, 9.17) is 5.84 Å². The highest BCUT2D eigenvalue weighted by molar-refractivity contribution is 5.09. The maximum Gasteiger partial charge on any atom is 0.0120 e. The van der Waals surface area contributed by atoms with Crippen molar-refractivity contribution in [3.8, 4) is 0 Å². The van der Waals surface area contributed by atoms with Crippen molar-refractivity contribution in [1.82, 2.24) is 5.43 Å². The standard InChI is InChI=1S/C9H20N2/c1-5-6-8(7-11-10)9(2,3)4/h7,11H,5-6,10H2,1-4H3/b8-7+. The first-order valence-electron chi connectivity index (χ1n) is 4.18. The fourth-order valence-corrected chi connectivity index (χ4v) is 1.03. The van der Waals surface area contributed by atoms with E-state index in [1.54, 1.807) is 0 Å². The Morgan fingerprint density at radius 3 is 2.27 bits per heavy atom. The molecule has 0 unspecified atom stereocenters. The van der Waals surface area contributed by atoms with Gasteiger partial charge in [0.1, 0.15) is 0 Å². The molecule has 66 valence electrons. The molecule has 0 bridgehead atoms. The highest BCUT2D eigenvalue weighted by atomic mass is 15.2. The van der Waals surface area contributed by atoms with Gasteiger partial charge in [-0.05, 0) is 17.4 Å². The predicted octanol–water partition coefficient (Wildman–Crippen LogP) is 2.18. The summed E-state index contributed by atoms with van der Waals surface area (Å²) in [6.07, 6.45) is 4.20. The molecular weight excluding hydrogens is 136 g/mol. The molecule has 0 aliphatic heterocycles. The Morgan fingerprint density at radius 2 is 2.00 bits per heavy atom. The maximum atomic E-state index is 5.23. The van der Waals surface area contributed by atoms with Crippen molar-refractivity contribution in [3.05, 3.63) is 11.8 Å². The van der Waals surface area contributed by atoms with Crippen molar-refractivity contribution < 1.29 is 0 Å². The van der Waals surface area contributed by atoms with Crippen LogP contribution in [0.3, 0.4) is 0 Å². The van der Waals surface area contributed by atoms with E-state index in [0.29, 0.717) is 0 Å². The zero-order chi connectivity index (χ0) is 8.91. The molecule has 0 fully saturated rings. The summed E-state index contributed by atoms with van der Waals surface area (Å²) in [7, 11) is 0. The molecule has 0 aromatic carbocycles. The van der Waals surface area contributed by atoms with Gasteiger partial charge in [-0.1, -0.05) is 34.1 Å². The van der Waals surface area contributed by atoms with E-state index in [2.05, 4.69) is 33.1 Å². The molecule has 0 amide bonds. The predicted molar refractivity (Wildman–Crippen MR) is 49.8 cm³/mol. The molecule has 0 saturated carbocycles. The van der Waals surface area contributed by atoms with Gasteiger partial charge in [0.2, 0.25) is 0 Å². The first kappa shape index (κ1) is 10.5. The van der Waals surface area contributed by atoms with Crippen LogP contribution in [0.4, 0.5) is 0 Å². The van der Waals surface area contributed by atoms with Crippen LogP contribution in [0.15, 0.2) is 11.8 Å². The Balaban J connectivity index is 4.22. The largest absolute Gasteiger partial charge is 0.331 e. The van der Waals surface area contributed by atoms with E-state index in [0.717, 1.165) is 6.42 Å². The molecule has 0 radical (unpaired) electrons. The Labute approximate surface area is 69.8 Å². The van der Waals surface area contributed by atoms with Crippen LogP contribution < -0.4 is 11.3 Å². The minimum Gasteiger partial charge on any atom is -0.331 e. The molecule has 3 N–H and O–H groups in total. The van der Waals surface area contributed by atoms with Crippen molar-refractivity contribution in [2.75, 3.05) is 0 Å². The second kappa shape index (κ2) is 4.39. The van der Waals surface area contributed by atoms with Crippen LogP contribution in [0.1, 0.15) is 40.5 Å². The minimum atomic E-state index is 0.238. The molecule has 0 aliphatic rings. The quantitative estimate of drug-likeness (QED) is 0.485. The lowest BCUT2D eigenvalue weighted by Crippen LogP contribution is -2.19. The van der Waals surface area contributed by atoms with Crippen LogP contribution in [0.25, 0.3) is 0 Å². The smallest absolute Gasteiger partial charge is 0.0120 e. The van der Waals surface area contributed by atoms with E-state index < -0.39 is 0 Å². The van der Waals surface area contributed by atoms with Crippen LogP contribution in [-0.2, 0) is 0 Å². The van der Waals surface area contributed by atoms with Crippen LogP contribution in [-0.4, -0.2) is 0 Å². The molecule has 0 saturated heterocycles. The van der Waals surface area contributed by atoms with Gasteiger partial charge in [0.05, 0.1) is 0 Å². The molecule has 2 nitrogen and oxygen atoms in total. The number of rotatable bonds is 3. The van der Waals surface area contributed by atoms with Gasteiger partial charge in [0.25, 0.3) is 0 Å². The van der Waals surface area contributed by atoms with Crippen LogP contribution in [0.2, 0.25) is 0 Å². The lowest BCUT2D eigenvalue weighted by atomic mass is 9.84. The van der Waals surface area contributed by atoms with Crippen molar-refractivity contribution in [1.29, 1.82) is 0 Å². The third-order valence-corrected chi connectivity index (χ3v) is 1.74. The number of allylic oxidation sites excluding steroid dienone is 1. The SMILES string of the molecule is CCC/C(=C\NN)C(C)(C)C. The molecule has 0 aliphatic carbocycles. The average molecular weight is 156 g/mol. The fraction of sp³-hybridized carbons (Fsp3) is 0.778. The molecule has 11 heavy (non-hydrogen) atoms. The van der Waals surface area contributed by atoms with Crippen molar-refractivity contribution in [2.24, 2.45) is 11.3 Å². The zero-order valence-corrected chi connectivity index (χ0v) is 8.07. The molecule has 2 heteroatoms. The van der Waals surface area contributed by atoms with Gasteiger partial charge < -0.3 is 5.43 Å². The van der Waals surface area contributed by atoms with E-state index in [1.165, 1.54) is 12.0 Å². The van der Waals surface area contributed by atoms with Crippen LogP contribution in [0.5, 0.6) is 0 Å². The molecule has 0 spiro atoms. The van der Waals surface area contributed by atoms with Gasteiger partial charge in [-0.25, -0.2) is 0 Å². The fourth-order valence-electron chi connectivity index (χ4n) is 1.03. The Bertz CT molecular complexity index is 131. The summed E-state index contributed by atoms with van der Waals surface area (Å²) < 4.78 is 0. The average Bonchev–Trinajstić information content (AvgIpc) is 1.85. The van der Waals surface area contributed by atoms with Crippen molar-refractivity contribution in [2.45, 2.75) is 40.5 Å². The Kier molecular flexibility index (Phi) is 4.19. The zero-order valence-electron chi connectivity index (χ0n) is 8.07. The highest BCUT2D eigenvalue weighted by Crippen LogP contribution is 2.27. The lowest BCUT2D eigenvalue weighted by molar-refractivity contribution is 0.475.